The first-order valence-corrected chi connectivity index (χ1v) is 13.0. The van der Waals surface area contributed by atoms with Crippen LogP contribution in [-0.2, 0) is 26.2 Å². The maximum atomic E-state index is 13.4. The third-order valence-corrected chi connectivity index (χ3v) is 6.62. The fraction of sp³-hybridized carbons (Fsp3) is 0.391. The number of nitrogens with one attached hydrogen (secondary N) is 1. The molecule has 1 atom stereocenters. The lowest BCUT2D eigenvalue weighted by Gasteiger charge is -2.31. The van der Waals surface area contributed by atoms with E-state index in [0.29, 0.717) is 11.6 Å². The van der Waals surface area contributed by atoms with Crippen molar-refractivity contribution >= 4 is 50.7 Å². The van der Waals surface area contributed by atoms with Gasteiger partial charge in [0.05, 0.1) is 17.0 Å². The molecule has 33 heavy (non-hydrogen) atoms. The van der Waals surface area contributed by atoms with Crippen molar-refractivity contribution in [2.24, 2.45) is 5.92 Å². The van der Waals surface area contributed by atoms with Gasteiger partial charge in [-0.1, -0.05) is 61.3 Å². The van der Waals surface area contributed by atoms with Gasteiger partial charge in [0.15, 0.2) is 0 Å². The van der Waals surface area contributed by atoms with Crippen molar-refractivity contribution in [3.05, 3.63) is 64.1 Å². The van der Waals surface area contributed by atoms with Crippen molar-refractivity contribution in [3.63, 3.8) is 0 Å². The highest BCUT2D eigenvalue weighted by Crippen LogP contribution is 2.27. The minimum absolute atomic E-state index is 0.104. The van der Waals surface area contributed by atoms with Crippen LogP contribution in [0.25, 0.3) is 0 Å². The average Bonchev–Trinajstić information content (AvgIpc) is 2.74. The van der Waals surface area contributed by atoms with Gasteiger partial charge in [0.25, 0.3) is 0 Å². The third-order valence-electron chi connectivity index (χ3n) is 4.92. The van der Waals surface area contributed by atoms with Crippen LogP contribution in [0.4, 0.5) is 5.69 Å². The number of para-hydroxylation sites is 1. The molecular weight excluding hydrogens is 485 g/mol. The predicted molar refractivity (Wildman–Crippen MR) is 133 cm³/mol. The number of amides is 2. The first kappa shape index (κ1) is 27.0. The Labute approximate surface area is 205 Å². The van der Waals surface area contributed by atoms with E-state index in [1.165, 1.54) is 11.0 Å². The van der Waals surface area contributed by atoms with Crippen LogP contribution in [0.5, 0.6) is 0 Å². The third kappa shape index (κ3) is 7.91. The molecule has 0 fully saturated rings. The summed E-state index contributed by atoms with van der Waals surface area (Å²) in [7, 11) is -3.83. The molecule has 0 heterocycles. The zero-order valence-electron chi connectivity index (χ0n) is 19.1. The minimum Gasteiger partial charge on any atom is -0.354 e. The van der Waals surface area contributed by atoms with E-state index in [0.717, 1.165) is 16.1 Å². The predicted octanol–water partition coefficient (Wildman–Crippen LogP) is 3.95. The van der Waals surface area contributed by atoms with Gasteiger partial charge in [-0.05, 0) is 42.7 Å². The first-order valence-electron chi connectivity index (χ1n) is 10.4. The largest absolute Gasteiger partial charge is 0.354 e. The van der Waals surface area contributed by atoms with E-state index in [1.807, 2.05) is 13.8 Å². The van der Waals surface area contributed by atoms with Crippen LogP contribution in [0.2, 0.25) is 10.0 Å². The first-order chi connectivity index (χ1) is 15.4. The highest BCUT2D eigenvalue weighted by atomic mass is 35.5. The molecule has 0 bridgehead atoms. The molecular formula is C23H29Cl2N3O4S. The summed E-state index contributed by atoms with van der Waals surface area (Å²) in [5.74, 6) is -0.625. The molecule has 0 aromatic heterocycles. The van der Waals surface area contributed by atoms with E-state index in [4.69, 9.17) is 23.2 Å². The number of anilines is 1. The van der Waals surface area contributed by atoms with Crippen molar-refractivity contribution in [3.8, 4) is 0 Å². The lowest BCUT2D eigenvalue weighted by molar-refractivity contribution is -0.139. The zero-order valence-corrected chi connectivity index (χ0v) is 21.4. The van der Waals surface area contributed by atoms with Gasteiger partial charge in [0.2, 0.25) is 21.8 Å². The molecule has 2 rings (SSSR count). The van der Waals surface area contributed by atoms with Crippen molar-refractivity contribution in [2.75, 3.05) is 23.7 Å². The van der Waals surface area contributed by atoms with Crippen LogP contribution >= 0.6 is 23.2 Å². The monoisotopic (exact) mass is 513 g/mol. The summed E-state index contributed by atoms with van der Waals surface area (Å²) < 4.78 is 26.0. The second-order valence-electron chi connectivity index (χ2n) is 8.18. The molecule has 0 saturated carbocycles. The number of nitrogens with zero attached hydrogens (tertiary/aromatic N) is 2. The molecule has 10 heteroatoms. The molecule has 0 aliphatic rings. The number of hydrogen-bond acceptors (Lipinski definition) is 4. The molecule has 180 valence electrons. The van der Waals surface area contributed by atoms with Crippen LogP contribution < -0.4 is 9.62 Å². The van der Waals surface area contributed by atoms with Crippen LogP contribution in [0.15, 0.2) is 48.5 Å². The van der Waals surface area contributed by atoms with E-state index in [9.17, 15) is 18.0 Å². The second-order valence-corrected chi connectivity index (χ2v) is 10.9. The van der Waals surface area contributed by atoms with E-state index >= 15 is 0 Å². The topological polar surface area (TPSA) is 86.8 Å². The Morgan fingerprint density at radius 3 is 2.15 bits per heavy atom. The molecule has 2 amide bonds. The van der Waals surface area contributed by atoms with E-state index in [-0.39, 0.29) is 29.1 Å². The van der Waals surface area contributed by atoms with Crippen molar-refractivity contribution in [2.45, 2.75) is 33.4 Å². The van der Waals surface area contributed by atoms with E-state index < -0.39 is 28.5 Å². The Balaban J connectivity index is 2.36. The van der Waals surface area contributed by atoms with Crippen molar-refractivity contribution < 1.29 is 18.0 Å². The highest BCUT2D eigenvalue weighted by molar-refractivity contribution is 7.92. The number of carbonyl (C=O) groups excluding carboxylic acids is 2. The smallest absolute Gasteiger partial charge is 0.244 e. The summed E-state index contributed by atoms with van der Waals surface area (Å²) in [6.45, 7) is 5.61. The van der Waals surface area contributed by atoms with Gasteiger partial charge in [-0.25, -0.2) is 8.42 Å². The maximum absolute atomic E-state index is 13.4. The van der Waals surface area contributed by atoms with Gasteiger partial charge in [0, 0.05) is 18.1 Å². The molecule has 0 saturated heterocycles. The molecule has 7 nitrogen and oxygen atoms in total. The Hall–Kier alpha value is -2.29. The van der Waals surface area contributed by atoms with Gasteiger partial charge in [0.1, 0.15) is 12.6 Å². The Morgan fingerprint density at radius 2 is 1.61 bits per heavy atom. The normalized spacial score (nSPS) is 12.3. The fourth-order valence-electron chi connectivity index (χ4n) is 3.07. The highest BCUT2D eigenvalue weighted by Gasteiger charge is 2.30. The lowest BCUT2D eigenvalue weighted by atomic mass is 10.1. The maximum Gasteiger partial charge on any atom is 0.244 e. The Bertz CT molecular complexity index is 1080. The van der Waals surface area contributed by atoms with Crippen molar-refractivity contribution in [1.82, 2.24) is 10.2 Å². The summed E-state index contributed by atoms with van der Waals surface area (Å²) >= 11 is 12.2. The summed E-state index contributed by atoms with van der Waals surface area (Å²) in [5.41, 5.74) is 0.943. The molecule has 2 aromatic carbocycles. The van der Waals surface area contributed by atoms with Crippen LogP contribution in [0.1, 0.15) is 26.3 Å². The van der Waals surface area contributed by atoms with Gasteiger partial charge in [-0.15, -0.1) is 0 Å². The summed E-state index contributed by atoms with van der Waals surface area (Å²) in [4.78, 5) is 27.5. The quantitative estimate of drug-likeness (QED) is 0.520. The number of hydrogen-bond donors (Lipinski definition) is 1. The van der Waals surface area contributed by atoms with Crippen LogP contribution in [0, 0.1) is 5.92 Å². The number of carbonyl (C=O) groups is 2. The van der Waals surface area contributed by atoms with E-state index in [1.54, 1.807) is 49.4 Å². The molecule has 1 N–H and O–H groups in total. The molecule has 0 spiro atoms. The number of sulfonamides is 1. The average molecular weight is 514 g/mol. The van der Waals surface area contributed by atoms with Gasteiger partial charge < -0.3 is 10.2 Å². The fourth-order valence-corrected chi connectivity index (χ4v) is 4.35. The SMILES string of the molecule is CC(C)CNC(=O)[C@H](C)N(Cc1ccc(Cl)cc1)C(=O)CN(c1ccccc1Cl)S(C)(=O)=O. The molecule has 0 unspecified atom stereocenters. The standard InChI is InChI=1S/C23H29Cl2N3O4S/c1-16(2)13-26-23(30)17(3)27(14-18-9-11-19(24)12-10-18)22(29)15-28(33(4,31)32)21-8-6-5-7-20(21)25/h5-12,16-17H,13-15H2,1-4H3,(H,26,30)/t17-/m0/s1. The molecule has 2 aromatic rings. The van der Waals surface area contributed by atoms with Gasteiger partial charge in [-0.2, -0.15) is 0 Å². The lowest BCUT2D eigenvalue weighted by Crippen LogP contribution is -2.51. The number of halogens is 2. The summed E-state index contributed by atoms with van der Waals surface area (Å²) in [5, 5.41) is 3.57. The second kappa shape index (κ2) is 11.7. The number of rotatable bonds is 10. The summed E-state index contributed by atoms with van der Waals surface area (Å²) in [6, 6.07) is 12.4. The zero-order chi connectivity index (χ0) is 24.8. The molecule has 0 radical (unpaired) electrons. The summed E-state index contributed by atoms with van der Waals surface area (Å²) in [6.07, 6.45) is 1.01. The Kier molecular flexibility index (Phi) is 9.57. The van der Waals surface area contributed by atoms with Gasteiger partial charge >= 0.3 is 0 Å². The van der Waals surface area contributed by atoms with E-state index in [2.05, 4.69) is 5.32 Å². The van der Waals surface area contributed by atoms with Gasteiger partial charge in [-0.3, -0.25) is 13.9 Å². The minimum atomic E-state index is -3.83. The Morgan fingerprint density at radius 1 is 1.00 bits per heavy atom. The van der Waals surface area contributed by atoms with Crippen LogP contribution in [0.3, 0.4) is 0 Å². The molecule has 0 aliphatic heterocycles. The van der Waals surface area contributed by atoms with Crippen LogP contribution in [-0.4, -0.2) is 50.5 Å². The molecule has 0 aliphatic carbocycles. The number of benzene rings is 2. The van der Waals surface area contributed by atoms with Crippen molar-refractivity contribution in [1.29, 1.82) is 0 Å².